The van der Waals surface area contributed by atoms with Crippen LogP contribution in [0.4, 0.5) is 5.69 Å². The zero-order valence-corrected chi connectivity index (χ0v) is 13.7. The van der Waals surface area contributed by atoms with Gasteiger partial charge in [-0.05, 0) is 49.9 Å². The Labute approximate surface area is 123 Å². The van der Waals surface area contributed by atoms with Gasteiger partial charge < -0.3 is 10.2 Å². The molecular formula is C17H28N2O. The van der Waals surface area contributed by atoms with Crippen molar-refractivity contribution in [2.24, 2.45) is 5.92 Å². The largest absolute Gasteiger partial charge is 0.385 e. The number of carbonyl (C=O) groups excluding carboxylic acids is 1. The Balaban J connectivity index is 2.88. The van der Waals surface area contributed by atoms with E-state index < -0.39 is 0 Å². The van der Waals surface area contributed by atoms with Crippen molar-refractivity contribution < 1.29 is 4.79 Å². The minimum atomic E-state index is 0.103. The van der Waals surface area contributed by atoms with Crippen molar-refractivity contribution in [2.75, 3.05) is 18.9 Å². The topological polar surface area (TPSA) is 32.3 Å². The summed E-state index contributed by atoms with van der Waals surface area (Å²) in [7, 11) is 1.88. The standard InChI is InChI=1S/C17H28N2O/c1-7-10-18-15-8-9-16(13(4)11-15)17(20)19(6)14(5)12(2)3/h8-9,11-12,14,18H,7,10H2,1-6H3. The van der Waals surface area contributed by atoms with E-state index in [4.69, 9.17) is 0 Å². The zero-order chi connectivity index (χ0) is 15.3. The van der Waals surface area contributed by atoms with E-state index >= 15 is 0 Å². The van der Waals surface area contributed by atoms with Gasteiger partial charge in [0, 0.05) is 30.9 Å². The maximum absolute atomic E-state index is 12.5. The van der Waals surface area contributed by atoms with Crippen LogP contribution in [0.15, 0.2) is 18.2 Å². The zero-order valence-electron chi connectivity index (χ0n) is 13.7. The molecule has 0 fully saturated rings. The lowest BCUT2D eigenvalue weighted by Crippen LogP contribution is -2.38. The minimum absolute atomic E-state index is 0.103. The highest BCUT2D eigenvalue weighted by Gasteiger charge is 2.21. The molecule has 0 spiro atoms. The Hall–Kier alpha value is -1.51. The van der Waals surface area contributed by atoms with Gasteiger partial charge in [-0.2, -0.15) is 0 Å². The van der Waals surface area contributed by atoms with Gasteiger partial charge in [-0.15, -0.1) is 0 Å². The minimum Gasteiger partial charge on any atom is -0.385 e. The predicted octanol–water partition coefficient (Wildman–Crippen LogP) is 3.93. The Morgan fingerprint density at radius 1 is 1.30 bits per heavy atom. The molecule has 0 bridgehead atoms. The monoisotopic (exact) mass is 276 g/mol. The van der Waals surface area contributed by atoms with Gasteiger partial charge in [0.2, 0.25) is 0 Å². The molecule has 1 N–H and O–H groups in total. The van der Waals surface area contributed by atoms with Crippen molar-refractivity contribution in [2.45, 2.75) is 47.1 Å². The van der Waals surface area contributed by atoms with E-state index in [1.165, 1.54) is 0 Å². The molecule has 1 rings (SSSR count). The van der Waals surface area contributed by atoms with E-state index in [0.29, 0.717) is 5.92 Å². The highest BCUT2D eigenvalue weighted by molar-refractivity contribution is 5.96. The van der Waals surface area contributed by atoms with Crippen molar-refractivity contribution in [3.63, 3.8) is 0 Å². The van der Waals surface area contributed by atoms with Crippen molar-refractivity contribution in [1.29, 1.82) is 0 Å². The fourth-order valence-corrected chi connectivity index (χ4v) is 2.11. The summed E-state index contributed by atoms with van der Waals surface area (Å²) in [6.07, 6.45) is 1.09. The van der Waals surface area contributed by atoms with Gasteiger partial charge in [0.1, 0.15) is 0 Å². The maximum atomic E-state index is 12.5. The highest BCUT2D eigenvalue weighted by atomic mass is 16.2. The SMILES string of the molecule is CCCNc1ccc(C(=O)N(C)C(C)C(C)C)c(C)c1. The van der Waals surface area contributed by atoms with E-state index in [1.54, 1.807) is 0 Å². The summed E-state index contributed by atoms with van der Waals surface area (Å²) in [4.78, 5) is 14.4. The summed E-state index contributed by atoms with van der Waals surface area (Å²) in [5.74, 6) is 0.556. The van der Waals surface area contributed by atoms with Gasteiger partial charge in [0.15, 0.2) is 0 Å². The molecule has 1 aromatic rings. The summed E-state index contributed by atoms with van der Waals surface area (Å²) in [5.41, 5.74) is 2.90. The summed E-state index contributed by atoms with van der Waals surface area (Å²) in [6, 6.07) is 6.21. The second-order valence-corrected chi connectivity index (χ2v) is 5.86. The van der Waals surface area contributed by atoms with Gasteiger partial charge >= 0.3 is 0 Å². The van der Waals surface area contributed by atoms with Crippen LogP contribution < -0.4 is 5.32 Å². The van der Waals surface area contributed by atoms with Crippen molar-refractivity contribution in [3.8, 4) is 0 Å². The normalized spacial score (nSPS) is 12.3. The van der Waals surface area contributed by atoms with Crippen LogP contribution in [0.3, 0.4) is 0 Å². The fraction of sp³-hybridized carbons (Fsp3) is 0.588. The first kappa shape index (κ1) is 16.5. The average Bonchev–Trinajstić information content (AvgIpc) is 2.42. The number of nitrogens with one attached hydrogen (secondary N) is 1. The van der Waals surface area contributed by atoms with E-state index in [-0.39, 0.29) is 11.9 Å². The Bertz CT molecular complexity index is 454. The lowest BCUT2D eigenvalue weighted by atomic mass is 10.0. The molecule has 0 saturated heterocycles. The molecule has 0 saturated carbocycles. The molecule has 3 heteroatoms. The number of hydrogen-bond acceptors (Lipinski definition) is 2. The molecule has 0 aromatic heterocycles. The molecule has 0 heterocycles. The summed E-state index contributed by atoms with van der Waals surface area (Å²) < 4.78 is 0. The first-order valence-electron chi connectivity index (χ1n) is 7.50. The predicted molar refractivity (Wildman–Crippen MR) is 86.4 cm³/mol. The molecular weight excluding hydrogens is 248 g/mol. The average molecular weight is 276 g/mol. The van der Waals surface area contributed by atoms with E-state index in [1.807, 2.05) is 31.0 Å². The molecule has 1 unspecified atom stereocenters. The lowest BCUT2D eigenvalue weighted by Gasteiger charge is -2.28. The molecule has 0 aliphatic carbocycles. The van der Waals surface area contributed by atoms with Gasteiger partial charge in [-0.1, -0.05) is 20.8 Å². The molecule has 0 aliphatic heterocycles. The Kier molecular flexibility index (Phi) is 6.05. The van der Waals surface area contributed by atoms with Crippen molar-refractivity contribution in [3.05, 3.63) is 29.3 Å². The number of rotatable bonds is 6. The summed E-state index contributed by atoms with van der Waals surface area (Å²) in [5, 5.41) is 3.35. The maximum Gasteiger partial charge on any atom is 0.254 e. The summed E-state index contributed by atoms with van der Waals surface area (Å²) >= 11 is 0. The van der Waals surface area contributed by atoms with Crippen LogP contribution >= 0.6 is 0 Å². The molecule has 1 aromatic carbocycles. The van der Waals surface area contributed by atoms with Crippen LogP contribution in [-0.4, -0.2) is 30.4 Å². The van der Waals surface area contributed by atoms with Crippen LogP contribution in [0.1, 0.15) is 50.0 Å². The molecule has 0 radical (unpaired) electrons. The molecule has 1 atom stereocenters. The molecule has 1 amide bonds. The number of nitrogens with zero attached hydrogens (tertiary/aromatic N) is 1. The second kappa shape index (κ2) is 7.32. The third kappa shape index (κ3) is 3.99. The van der Waals surface area contributed by atoms with Gasteiger partial charge in [-0.3, -0.25) is 4.79 Å². The number of carbonyl (C=O) groups is 1. The second-order valence-electron chi connectivity index (χ2n) is 5.86. The number of anilines is 1. The third-order valence-electron chi connectivity index (χ3n) is 3.93. The molecule has 3 nitrogen and oxygen atoms in total. The number of amides is 1. The number of hydrogen-bond donors (Lipinski definition) is 1. The van der Waals surface area contributed by atoms with Gasteiger partial charge in [0.05, 0.1) is 0 Å². The van der Waals surface area contributed by atoms with Crippen LogP contribution in [0.25, 0.3) is 0 Å². The van der Waals surface area contributed by atoms with E-state index in [0.717, 1.165) is 29.8 Å². The quantitative estimate of drug-likeness (QED) is 0.853. The Morgan fingerprint density at radius 2 is 1.95 bits per heavy atom. The van der Waals surface area contributed by atoms with Crippen LogP contribution in [-0.2, 0) is 0 Å². The Morgan fingerprint density at radius 3 is 2.45 bits per heavy atom. The van der Waals surface area contributed by atoms with Crippen molar-refractivity contribution >= 4 is 11.6 Å². The van der Waals surface area contributed by atoms with E-state index in [9.17, 15) is 4.79 Å². The van der Waals surface area contributed by atoms with Gasteiger partial charge in [0.25, 0.3) is 5.91 Å². The third-order valence-corrected chi connectivity index (χ3v) is 3.93. The highest BCUT2D eigenvalue weighted by Crippen LogP contribution is 2.19. The molecule has 0 aliphatic rings. The molecule has 20 heavy (non-hydrogen) atoms. The smallest absolute Gasteiger partial charge is 0.254 e. The summed E-state index contributed by atoms with van der Waals surface area (Å²) in [6.45, 7) is 11.5. The fourth-order valence-electron chi connectivity index (χ4n) is 2.11. The number of benzene rings is 1. The van der Waals surface area contributed by atoms with Gasteiger partial charge in [-0.25, -0.2) is 0 Å². The van der Waals surface area contributed by atoms with Crippen LogP contribution in [0, 0.1) is 12.8 Å². The number of aryl methyl sites for hydroxylation is 1. The first-order chi connectivity index (χ1) is 9.38. The lowest BCUT2D eigenvalue weighted by molar-refractivity contribution is 0.0706. The van der Waals surface area contributed by atoms with E-state index in [2.05, 4.69) is 39.1 Å². The van der Waals surface area contributed by atoms with Crippen LogP contribution in [0.5, 0.6) is 0 Å². The first-order valence-corrected chi connectivity index (χ1v) is 7.50. The van der Waals surface area contributed by atoms with Crippen LogP contribution in [0.2, 0.25) is 0 Å². The van der Waals surface area contributed by atoms with Crippen molar-refractivity contribution in [1.82, 2.24) is 4.90 Å². The molecule has 112 valence electrons.